The zero-order valence-corrected chi connectivity index (χ0v) is 11.7. The molecule has 2 heteroatoms. The van der Waals surface area contributed by atoms with Gasteiger partial charge in [0.2, 0.25) is 5.91 Å². The summed E-state index contributed by atoms with van der Waals surface area (Å²) in [5, 5.41) is 3.25. The zero-order chi connectivity index (χ0) is 13.2. The molecular weight excluding hydrogens is 234 g/mol. The number of fused-ring (bicyclic) bond motifs is 2. The molecule has 1 aromatic rings. The smallest absolute Gasteiger partial charge is 0.220 e. The Labute approximate surface area is 115 Å². The van der Waals surface area contributed by atoms with E-state index in [1.54, 1.807) is 0 Å². The number of aryl methyl sites for hydroxylation is 2. The van der Waals surface area contributed by atoms with Gasteiger partial charge >= 0.3 is 0 Å². The molecule has 2 bridgehead atoms. The van der Waals surface area contributed by atoms with E-state index < -0.39 is 0 Å². The van der Waals surface area contributed by atoms with Crippen molar-refractivity contribution < 1.29 is 4.79 Å². The summed E-state index contributed by atoms with van der Waals surface area (Å²) in [6.07, 6.45) is 6.77. The van der Waals surface area contributed by atoms with Crippen molar-refractivity contribution in [3.63, 3.8) is 0 Å². The summed E-state index contributed by atoms with van der Waals surface area (Å²) >= 11 is 0. The summed E-state index contributed by atoms with van der Waals surface area (Å²) < 4.78 is 0. The Balaban J connectivity index is 1.45. The van der Waals surface area contributed by atoms with E-state index in [4.69, 9.17) is 0 Å². The first-order valence-electron chi connectivity index (χ1n) is 7.55. The van der Waals surface area contributed by atoms with Crippen LogP contribution >= 0.6 is 0 Å². The average Bonchev–Trinajstić information content (AvgIpc) is 3.00. The van der Waals surface area contributed by atoms with Crippen molar-refractivity contribution in [3.05, 3.63) is 35.4 Å². The Hall–Kier alpha value is -1.31. The SMILES string of the molecule is Cc1ccc(CCC(=O)N[C@@H]2C[C@@H]3CC[C@@H]2C3)cc1. The van der Waals surface area contributed by atoms with Gasteiger partial charge in [-0.1, -0.05) is 36.2 Å². The summed E-state index contributed by atoms with van der Waals surface area (Å²) in [6, 6.07) is 8.95. The van der Waals surface area contributed by atoms with Gasteiger partial charge in [-0.15, -0.1) is 0 Å². The van der Waals surface area contributed by atoms with Crippen LogP contribution in [0.1, 0.15) is 43.2 Å². The second-order valence-corrected chi connectivity index (χ2v) is 6.33. The fraction of sp³-hybridized carbons (Fsp3) is 0.588. The van der Waals surface area contributed by atoms with Crippen molar-refractivity contribution >= 4 is 5.91 Å². The molecule has 2 saturated carbocycles. The molecule has 0 aromatic heterocycles. The van der Waals surface area contributed by atoms with Crippen LogP contribution in [-0.4, -0.2) is 11.9 Å². The number of carbonyl (C=O) groups is 1. The molecular formula is C17H23NO. The molecule has 2 fully saturated rings. The Kier molecular flexibility index (Phi) is 3.58. The summed E-state index contributed by atoms with van der Waals surface area (Å²) in [5.41, 5.74) is 2.53. The molecule has 0 unspecified atom stereocenters. The van der Waals surface area contributed by atoms with Gasteiger partial charge in [-0.2, -0.15) is 0 Å². The zero-order valence-electron chi connectivity index (χ0n) is 11.7. The molecule has 1 aromatic carbocycles. The Morgan fingerprint density at radius 1 is 1.21 bits per heavy atom. The van der Waals surface area contributed by atoms with Crippen molar-refractivity contribution in [3.8, 4) is 0 Å². The van der Waals surface area contributed by atoms with Crippen molar-refractivity contribution in [1.82, 2.24) is 5.32 Å². The summed E-state index contributed by atoms with van der Waals surface area (Å²) in [4.78, 5) is 12.0. The molecule has 1 amide bonds. The first kappa shape index (κ1) is 12.7. The molecule has 0 aliphatic heterocycles. The van der Waals surface area contributed by atoms with E-state index in [1.807, 2.05) is 0 Å². The van der Waals surface area contributed by atoms with Gasteiger partial charge in [0, 0.05) is 12.5 Å². The van der Waals surface area contributed by atoms with E-state index >= 15 is 0 Å². The fourth-order valence-corrected chi connectivity index (χ4v) is 3.71. The number of rotatable bonds is 4. The normalized spacial score (nSPS) is 28.6. The van der Waals surface area contributed by atoms with Crippen LogP contribution in [0.5, 0.6) is 0 Å². The summed E-state index contributed by atoms with van der Waals surface area (Å²) in [7, 11) is 0. The predicted octanol–water partition coefficient (Wildman–Crippen LogP) is 3.23. The molecule has 1 N–H and O–H groups in total. The molecule has 19 heavy (non-hydrogen) atoms. The summed E-state index contributed by atoms with van der Waals surface area (Å²) in [6.45, 7) is 2.09. The highest BCUT2D eigenvalue weighted by Crippen LogP contribution is 2.44. The molecule has 0 heterocycles. The number of amides is 1. The molecule has 0 radical (unpaired) electrons. The Morgan fingerprint density at radius 3 is 2.63 bits per heavy atom. The lowest BCUT2D eigenvalue weighted by atomic mass is 9.95. The van der Waals surface area contributed by atoms with E-state index in [9.17, 15) is 4.79 Å². The molecule has 3 atom stereocenters. The van der Waals surface area contributed by atoms with Gasteiger partial charge in [0.05, 0.1) is 0 Å². The lowest BCUT2D eigenvalue weighted by molar-refractivity contribution is -0.122. The predicted molar refractivity (Wildman–Crippen MR) is 76.9 cm³/mol. The topological polar surface area (TPSA) is 29.1 Å². The third-order valence-corrected chi connectivity index (χ3v) is 4.85. The minimum atomic E-state index is 0.234. The second-order valence-electron chi connectivity index (χ2n) is 6.33. The highest BCUT2D eigenvalue weighted by atomic mass is 16.1. The first-order valence-corrected chi connectivity index (χ1v) is 7.55. The minimum Gasteiger partial charge on any atom is -0.353 e. The third kappa shape index (κ3) is 2.99. The monoisotopic (exact) mass is 257 g/mol. The van der Waals surface area contributed by atoms with E-state index in [0.717, 1.165) is 18.3 Å². The van der Waals surface area contributed by atoms with Crippen molar-refractivity contribution in [2.45, 2.75) is 51.5 Å². The number of carbonyl (C=O) groups excluding carboxylic acids is 1. The lowest BCUT2D eigenvalue weighted by Gasteiger charge is -2.22. The molecule has 102 valence electrons. The van der Waals surface area contributed by atoms with Gasteiger partial charge in [0.15, 0.2) is 0 Å². The fourth-order valence-electron chi connectivity index (χ4n) is 3.71. The van der Waals surface area contributed by atoms with Gasteiger partial charge in [-0.3, -0.25) is 4.79 Å². The van der Waals surface area contributed by atoms with Gasteiger partial charge in [-0.05, 0) is 50.0 Å². The van der Waals surface area contributed by atoms with E-state index in [0.29, 0.717) is 12.5 Å². The van der Waals surface area contributed by atoms with Crippen molar-refractivity contribution in [2.75, 3.05) is 0 Å². The minimum absolute atomic E-state index is 0.234. The molecule has 3 rings (SSSR count). The van der Waals surface area contributed by atoms with Crippen LogP contribution in [0, 0.1) is 18.8 Å². The molecule has 0 saturated heterocycles. The first-order chi connectivity index (χ1) is 9.20. The van der Waals surface area contributed by atoms with Crippen LogP contribution in [0.2, 0.25) is 0 Å². The maximum atomic E-state index is 12.0. The maximum Gasteiger partial charge on any atom is 0.220 e. The maximum absolute atomic E-state index is 12.0. The average molecular weight is 257 g/mol. The highest BCUT2D eigenvalue weighted by Gasteiger charge is 2.39. The number of hydrogen-bond acceptors (Lipinski definition) is 1. The highest BCUT2D eigenvalue weighted by molar-refractivity contribution is 5.76. The van der Waals surface area contributed by atoms with Gasteiger partial charge in [-0.25, -0.2) is 0 Å². The van der Waals surface area contributed by atoms with Crippen LogP contribution < -0.4 is 5.32 Å². The van der Waals surface area contributed by atoms with Gasteiger partial charge in [0.1, 0.15) is 0 Å². The standard InChI is InChI=1S/C17H23NO/c1-12-2-4-13(5-3-12)7-9-17(19)18-16-11-14-6-8-15(16)10-14/h2-5,14-16H,6-11H2,1H3,(H,18,19)/t14-,15-,16-/m1/s1. The number of benzene rings is 1. The number of nitrogens with one attached hydrogen (secondary N) is 1. The molecule has 2 aliphatic carbocycles. The third-order valence-electron chi connectivity index (χ3n) is 4.85. The second kappa shape index (κ2) is 5.36. The van der Waals surface area contributed by atoms with Crippen LogP contribution in [0.15, 0.2) is 24.3 Å². The largest absolute Gasteiger partial charge is 0.353 e. The van der Waals surface area contributed by atoms with E-state index in [2.05, 4.69) is 36.5 Å². The van der Waals surface area contributed by atoms with Gasteiger partial charge in [0.25, 0.3) is 0 Å². The van der Waals surface area contributed by atoms with Crippen LogP contribution in [0.4, 0.5) is 0 Å². The molecule has 2 nitrogen and oxygen atoms in total. The van der Waals surface area contributed by atoms with Gasteiger partial charge < -0.3 is 5.32 Å². The van der Waals surface area contributed by atoms with Crippen molar-refractivity contribution in [1.29, 1.82) is 0 Å². The quantitative estimate of drug-likeness (QED) is 0.881. The summed E-state index contributed by atoms with van der Waals surface area (Å²) in [5.74, 6) is 1.90. The Bertz CT molecular complexity index is 451. The van der Waals surface area contributed by atoms with Crippen molar-refractivity contribution in [2.24, 2.45) is 11.8 Å². The Morgan fingerprint density at radius 2 is 2.00 bits per heavy atom. The number of hydrogen-bond donors (Lipinski definition) is 1. The molecule has 0 spiro atoms. The van der Waals surface area contributed by atoms with Crippen LogP contribution in [0.3, 0.4) is 0 Å². The van der Waals surface area contributed by atoms with E-state index in [1.165, 1.54) is 36.8 Å². The van der Waals surface area contributed by atoms with Crippen LogP contribution in [0.25, 0.3) is 0 Å². The van der Waals surface area contributed by atoms with E-state index in [-0.39, 0.29) is 5.91 Å². The van der Waals surface area contributed by atoms with Crippen LogP contribution in [-0.2, 0) is 11.2 Å². The lowest BCUT2D eigenvalue weighted by Crippen LogP contribution is -2.38. The molecule has 2 aliphatic rings.